The number of halogens is 1. The van der Waals surface area contributed by atoms with Gasteiger partial charge in [0, 0.05) is 24.7 Å². The molecule has 1 atom stereocenters. The van der Waals surface area contributed by atoms with Crippen molar-refractivity contribution in [3.8, 4) is 11.5 Å². The quantitative estimate of drug-likeness (QED) is 0.388. The predicted molar refractivity (Wildman–Crippen MR) is 115 cm³/mol. The lowest BCUT2D eigenvalue weighted by molar-refractivity contribution is -0.140. The van der Waals surface area contributed by atoms with E-state index < -0.39 is 23.7 Å². The van der Waals surface area contributed by atoms with Crippen molar-refractivity contribution in [2.75, 3.05) is 27.3 Å². The van der Waals surface area contributed by atoms with Gasteiger partial charge in [0.15, 0.2) is 11.5 Å². The molecule has 7 nitrogen and oxygen atoms in total. The molecule has 2 aromatic carbocycles. The molecule has 0 N–H and O–H groups in total. The number of benzene rings is 2. The van der Waals surface area contributed by atoms with Gasteiger partial charge in [0.25, 0.3) is 5.91 Å². The zero-order valence-electron chi connectivity index (χ0n) is 17.9. The van der Waals surface area contributed by atoms with Crippen molar-refractivity contribution in [3.05, 3.63) is 65.5 Å². The Morgan fingerprint density at radius 3 is 2.50 bits per heavy atom. The number of hydrogen-bond acceptors (Lipinski definition) is 6. The molecule has 1 saturated heterocycles. The Kier molecular flexibility index (Phi) is 7.59. The molecule has 0 aromatic heterocycles. The molecule has 0 aliphatic carbocycles. The van der Waals surface area contributed by atoms with E-state index >= 15 is 0 Å². The summed E-state index contributed by atoms with van der Waals surface area (Å²) in [5.74, 6) is -1.52. The summed E-state index contributed by atoms with van der Waals surface area (Å²) in [5.41, 5.74) is 1.04. The summed E-state index contributed by atoms with van der Waals surface area (Å²) >= 11 is 0. The Morgan fingerprint density at radius 1 is 1.06 bits per heavy atom. The van der Waals surface area contributed by atoms with Gasteiger partial charge in [-0.05, 0) is 60.9 Å². The Labute approximate surface area is 185 Å². The lowest BCUT2D eigenvalue weighted by Crippen LogP contribution is -2.43. The molecular formula is C24H24FNO6. The fraction of sp³-hybridized carbons (Fsp3) is 0.292. The van der Waals surface area contributed by atoms with E-state index in [1.54, 1.807) is 29.2 Å². The number of nitrogens with zero attached hydrogens (tertiary/aromatic N) is 1. The van der Waals surface area contributed by atoms with E-state index in [1.807, 2.05) is 0 Å². The maximum absolute atomic E-state index is 13.1. The number of ether oxygens (including phenoxy) is 3. The Morgan fingerprint density at radius 2 is 1.81 bits per heavy atom. The first-order chi connectivity index (χ1) is 15.4. The van der Waals surface area contributed by atoms with Crippen LogP contribution in [0.3, 0.4) is 0 Å². The fourth-order valence-electron chi connectivity index (χ4n) is 3.43. The molecule has 0 spiro atoms. The zero-order chi connectivity index (χ0) is 23.1. The molecule has 32 heavy (non-hydrogen) atoms. The van der Waals surface area contributed by atoms with Crippen LogP contribution in [0.4, 0.5) is 4.39 Å². The normalized spacial score (nSPS) is 16.0. The number of likely N-dealkylation sites (tertiary alicyclic amines) is 1. The molecule has 0 bridgehead atoms. The lowest BCUT2D eigenvalue weighted by Gasteiger charge is -2.31. The Bertz CT molecular complexity index is 1020. The van der Waals surface area contributed by atoms with Gasteiger partial charge in [-0.3, -0.25) is 9.59 Å². The summed E-state index contributed by atoms with van der Waals surface area (Å²) in [6.07, 6.45) is 4.07. The number of rotatable bonds is 6. The SMILES string of the molecule is COC(=O)/C=C/c1ccc(OC(=O)C2CCCN(C(=O)c3ccc(F)cc3)C2)c(OC)c1. The summed E-state index contributed by atoms with van der Waals surface area (Å²) in [4.78, 5) is 38.3. The van der Waals surface area contributed by atoms with Crippen molar-refractivity contribution in [3.63, 3.8) is 0 Å². The van der Waals surface area contributed by atoms with Gasteiger partial charge in [0.2, 0.25) is 0 Å². The average Bonchev–Trinajstić information content (AvgIpc) is 2.83. The monoisotopic (exact) mass is 441 g/mol. The highest BCUT2D eigenvalue weighted by atomic mass is 19.1. The van der Waals surface area contributed by atoms with E-state index in [1.165, 1.54) is 44.6 Å². The molecule has 0 radical (unpaired) electrons. The predicted octanol–water partition coefficient (Wildman–Crippen LogP) is 3.48. The van der Waals surface area contributed by atoms with Crippen molar-refractivity contribution < 1.29 is 33.0 Å². The van der Waals surface area contributed by atoms with Crippen LogP contribution in [-0.4, -0.2) is 50.1 Å². The minimum absolute atomic E-state index is 0.220. The standard InChI is InChI=1S/C24H24FNO6/c1-30-21-14-16(6-12-22(27)31-2)5-11-20(21)32-24(29)18-4-3-13-26(15-18)23(28)17-7-9-19(25)10-8-17/h5-12,14,18H,3-4,13,15H2,1-2H3/b12-6+. The maximum Gasteiger partial charge on any atom is 0.330 e. The number of piperidine rings is 1. The van der Waals surface area contributed by atoms with Gasteiger partial charge in [0.05, 0.1) is 20.1 Å². The van der Waals surface area contributed by atoms with E-state index in [9.17, 15) is 18.8 Å². The fourth-order valence-corrected chi connectivity index (χ4v) is 3.43. The third-order valence-corrected chi connectivity index (χ3v) is 5.14. The van der Waals surface area contributed by atoms with Gasteiger partial charge in [-0.25, -0.2) is 9.18 Å². The van der Waals surface area contributed by atoms with Gasteiger partial charge >= 0.3 is 11.9 Å². The van der Waals surface area contributed by atoms with Gasteiger partial charge in [0.1, 0.15) is 5.82 Å². The molecule has 2 aromatic rings. The molecule has 3 rings (SSSR count). The lowest BCUT2D eigenvalue weighted by atomic mass is 9.97. The largest absolute Gasteiger partial charge is 0.493 e. The average molecular weight is 441 g/mol. The van der Waals surface area contributed by atoms with Crippen LogP contribution in [0.15, 0.2) is 48.5 Å². The summed E-state index contributed by atoms with van der Waals surface area (Å²) in [7, 11) is 2.74. The summed E-state index contributed by atoms with van der Waals surface area (Å²) < 4.78 is 28.6. The van der Waals surface area contributed by atoms with Crippen LogP contribution in [0, 0.1) is 11.7 Å². The first-order valence-electron chi connectivity index (χ1n) is 10.1. The zero-order valence-corrected chi connectivity index (χ0v) is 17.9. The Hall–Kier alpha value is -3.68. The number of esters is 2. The first kappa shape index (κ1) is 23.0. The number of hydrogen-bond donors (Lipinski definition) is 0. The van der Waals surface area contributed by atoms with Crippen LogP contribution in [0.5, 0.6) is 11.5 Å². The van der Waals surface area contributed by atoms with E-state index in [4.69, 9.17) is 9.47 Å². The summed E-state index contributed by atoms with van der Waals surface area (Å²) in [5, 5.41) is 0. The summed E-state index contributed by atoms with van der Waals surface area (Å²) in [6, 6.07) is 10.2. The van der Waals surface area contributed by atoms with Crippen LogP contribution in [0.25, 0.3) is 6.08 Å². The molecular weight excluding hydrogens is 417 g/mol. The molecule has 1 heterocycles. The van der Waals surface area contributed by atoms with Crippen LogP contribution in [0.1, 0.15) is 28.8 Å². The van der Waals surface area contributed by atoms with E-state index in [0.717, 1.165) is 0 Å². The number of carbonyl (C=O) groups excluding carboxylic acids is 3. The maximum atomic E-state index is 13.1. The van der Waals surface area contributed by atoms with Crippen molar-refractivity contribution in [1.29, 1.82) is 0 Å². The van der Waals surface area contributed by atoms with Gasteiger partial charge < -0.3 is 19.1 Å². The van der Waals surface area contributed by atoms with E-state index in [2.05, 4.69) is 4.74 Å². The number of amides is 1. The molecule has 0 saturated carbocycles. The second kappa shape index (κ2) is 10.6. The van der Waals surface area contributed by atoms with Crippen molar-refractivity contribution in [2.45, 2.75) is 12.8 Å². The van der Waals surface area contributed by atoms with Crippen molar-refractivity contribution >= 4 is 23.9 Å². The molecule has 1 amide bonds. The van der Waals surface area contributed by atoms with Crippen LogP contribution in [-0.2, 0) is 14.3 Å². The summed E-state index contributed by atoms with van der Waals surface area (Å²) in [6.45, 7) is 0.738. The third-order valence-electron chi connectivity index (χ3n) is 5.14. The molecule has 168 valence electrons. The van der Waals surface area contributed by atoms with Gasteiger partial charge in [-0.1, -0.05) is 6.07 Å². The number of carbonyl (C=O) groups is 3. The van der Waals surface area contributed by atoms with Gasteiger partial charge in [-0.15, -0.1) is 0 Å². The van der Waals surface area contributed by atoms with Crippen LogP contribution in [0.2, 0.25) is 0 Å². The van der Waals surface area contributed by atoms with Crippen LogP contribution < -0.4 is 9.47 Å². The molecule has 1 unspecified atom stereocenters. The minimum atomic E-state index is -0.489. The van der Waals surface area contributed by atoms with Crippen molar-refractivity contribution in [1.82, 2.24) is 4.90 Å². The Balaban J connectivity index is 1.67. The topological polar surface area (TPSA) is 82.1 Å². The van der Waals surface area contributed by atoms with Crippen LogP contribution >= 0.6 is 0 Å². The molecule has 1 aliphatic rings. The van der Waals surface area contributed by atoms with Gasteiger partial charge in [-0.2, -0.15) is 0 Å². The van der Waals surface area contributed by atoms with E-state index in [0.29, 0.717) is 36.3 Å². The van der Waals surface area contributed by atoms with E-state index in [-0.39, 0.29) is 18.2 Å². The van der Waals surface area contributed by atoms with Crippen molar-refractivity contribution in [2.24, 2.45) is 5.92 Å². The highest BCUT2D eigenvalue weighted by Crippen LogP contribution is 2.30. The first-order valence-corrected chi connectivity index (χ1v) is 10.1. The third kappa shape index (κ3) is 5.72. The smallest absolute Gasteiger partial charge is 0.330 e. The highest BCUT2D eigenvalue weighted by Gasteiger charge is 2.30. The minimum Gasteiger partial charge on any atom is -0.493 e. The second-order valence-electron chi connectivity index (χ2n) is 7.29. The molecule has 1 fully saturated rings. The molecule has 1 aliphatic heterocycles. The highest BCUT2D eigenvalue weighted by molar-refractivity contribution is 5.94. The molecule has 8 heteroatoms. The second-order valence-corrected chi connectivity index (χ2v) is 7.29. The number of methoxy groups -OCH3 is 2.